The largest absolute Gasteiger partial charge is 0.507 e. The summed E-state index contributed by atoms with van der Waals surface area (Å²) in [7, 11) is 0. The monoisotopic (exact) mass is 366 g/mol. The lowest BCUT2D eigenvalue weighted by atomic mass is 9.91. The van der Waals surface area contributed by atoms with Gasteiger partial charge in [0.2, 0.25) is 0 Å². The Kier molecular flexibility index (Phi) is 3.66. The molecule has 0 unspecified atom stereocenters. The first-order chi connectivity index (χ1) is 13.5. The van der Waals surface area contributed by atoms with Gasteiger partial charge in [-0.2, -0.15) is 10.5 Å². The van der Waals surface area contributed by atoms with Gasteiger partial charge in [0.15, 0.2) is 0 Å². The summed E-state index contributed by atoms with van der Waals surface area (Å²) in [6.45, 7) is 0. The van der Waals surface area contributed by atoms with E-state index >= 15 is 0 Å². The Morgan fingerprint density at radius 2 is 1.57 bits per heavy atom. The van der Waals surface area contributed by atoms with Crippen molar-refractivity contribution in [2.24, 2.45) is 0 Å². The van der Waals surface area contributed by atoms with Crippen molar-refractivity contribution in [3.63, 3.8) is 0 Å². The van der Waals surface area contributed by atoms with Crippen LogP contribution in [-0.2, 0) is 0 Å². The number of benzene rings is 3. The van der Waals surface area contributed by atoms with E-state index < -0.39 is 0 Å². The zero-order valence-corrected chi connectivity index (χ0v) is 14.6. The van der Waals surface area contributed by atoms with Crippen molar-refractivity contribution in [3.05, 3.63) is 53.6 Å². The first-order valence-electron chi connectivity index (χ1n) is 8.30. The summed E-state index contributed by atoms with van der Waals surface area (Å²) in [4.78, 5) is 4.24. The van der Waals surface area contributed by atoms with E-state index in [2.05, 4.69) is 11.1 Å². The maximum Gasteiger partial charge on any atom is 0.144 e. The SMILES string of the molecule is N#Cc1c(-c2c(O)ccc3ccccc23)cc2nc(N)c(C#N)c(N)c2c1N. The molecule has 0 fully saturated rings. The maximum absolute atomic E-state index is 10.6. The minimum Gasteiger partial charge on any atom is -0.507 e. The molecule has 3 aromatic carbocycles. The Bertz CT molecular complexity index is 1380. The second-order valence-electron chi connectivity index (χ2n) is 6.30. The van der Waals surface area contributed by atoms with Crippen LogP contribution in [0.3, 0.4) is 0 Å². The minimum atomic E-state index is -0.0234. The average molecular weight is 366 g/mol. The van der Waals surface area contributed by atoms with E-state index in [1.54, 1.807) is 18.2 Å². The molecule has 7 nitrogen and oxygen atoms in total. The fraction of sp³-hybridized carbons (Fsp3) is 0. The predicted octanol–water partition coefficient (Wildman–Crippen LogP) is 3.25. The van der Waals surface area contributed by atoms with Gasteiger partial charge in [0.1, 0.15) is 29.3 Å². The van der Waals surface area contributed by atoms with Gasteiger partial charge in [0.25, 0.3) is 0 Å². The van der Waals surface area contributed by atoms with E-state index in [0.717, 1.165) is 10.8 Å². The summed E-state index contributed by atoms with van der Waals surface area (Å²) < 4.78 is 0. The maximum atomic E-state index is 10.6. The van der Waals surface area contributed by atoms with Crippen molar-refractivity contribution in [3.8, 4) is 29.0 Å². The number of nitrogens with two attached hydrogens (primary N) is 3. The topological polar surface area (TPSA) is 159 Å². The molecule has 0 aliphatic rings. The third kappa shape index (κ3) is 2.24. The highest BCUT2D eigenvalue weighted by molar-refractivity contribution is 6.10. The molecule has 0 saturated heterocycles. The smallest absolute Gasteiger partial charge is 0.144 e. The first kappa shape index (κ1) is 17.0. The van der Waals surface area contributed by atoms with Gasteiger partial charge in [-0.05, 0) is 22.9 Å². The molecule has 7 N–H and O–H groups in total. The molecule has 7 heteroatoms. The van der Waals surface area contributed by atoms with Crippen LogP contribution in [0.2, 0.25) is 0 Å². The van der Waals surface area contributed by atoms with E-state index in [9.17, 15) is 15.6 Å². The van der Waals surface area contributed by atoms with Crippen molar-refractivity contribution in [2.45, 2.75) is 0 Å². The summed E-state index contributed by atoms with van der Waals surface area (Å²) in [5.74, 6) is -0.0201. The Labute approximate surface area is 159 Å². The van der Waals surface area contributed by atoms with Crippen LogP contribution >= 0.6 is 0 Å². The number of anilines is 3. The zero-order valence-electron chi connectivity index (χ0n) is 14.6. The van der Waals surface area contributed by atoms with Crippen molar-refractivity contribution in [1.29, 1.82) is 10.5 Å². The van der Waals surface area contributed by atoms with Gasteiger partial charge >= 0.3 is 0 Å². The van der Waals surface area contributed by atoms with Gasteiger partial charge < -0.3 is 22.3 Å². The molecule has 0 atom stereocenters. The highest BCUT2D eigenvalue weighted by atomic mass is 16.3. The number of aromatic nitrogens is 1. The standard InChI is InChI=1S/C21H14N6O/c22-8-13-12(17-11-4-2-1-3-10(11)5-6-16(17)28)7-15-18(19(13)24)20(25)14(9-23)21(26)27-15/h1-7,28H,24H2,(H4,25,26,27). The minimum absolute atomic E-state index is 0.00328. The van der Waals surface area contributed by atoms with Crippen LogP contribution in [0.5, 0.6) is 5.75 Å². The van der Waals surface area contributed by atoms with Crippen molar-refractivity contribution in [2.75, 3.05) is 17.2 Å². The molecular formula is C21H14N6O. The lowest BCUT2D eigenvalue weighted by molar-refractivity contribution is 0.478. The molecule has 0 radical (unpaired) electrons. The van der Waals surface area contributed by atoms with Crippen LogP contribution in [0.25, 0.3) is 32.8 Å². The van der Waals surface area contributed by atoms with Crippen molar-refractivity contribution in [1.82, 2.24) is 4.98 Å². The van der Waals surface area contributed by atoms with Crippen LogP contribution < -0.4 is 17.2 Å². The normalized spacial score (nSPS) is 10.6. The molecule has 0 aliphatic heterocycles. The fourth-order valence-corrected chi connectivity index (χ4v) is 3.49. The average Bonchev–Trinajstić information content (AvgIpc) is 2.67. The third-order valence-electron chi connectivity index (χ3n) is 4.78. The molecule has 0 bridgehead atoms. The van der Waals surface area contributed by atoms with Gasteiger partial charge in [-0.25, -0.2) is 4.98 Å². The molecular weight excluding hydrogens is 352 g/mol. The quantitative estimate of drug-likeness (QED) is 0.376. The Morgan fingerprint density at radius 1 is 0.893 bits per heavy atom. The van der Waals surface area contributed by atoms with Crippen molar-refractivity contribution >= 4 is 38.9 Å². The van der Waals surface area contributed by atoms with E-state index in [4.69, 9.17) is 17.2 Å². The number of aromatic hydroxyl groups is 1. The van der Waals surface area contributed by atoms with E-state index in [-0.39, 0.29) is 34.1 Å². The molecule has 0 amide bonds. The molecule has 4 aromatic rings. The van der Waals surface area contributed by atoms with Crippen molar-refractivity contribution < 1.29 is 5.11 Å². The van der Waals surface area contributed by atoms with Crippen LogP contribution in [0.15, 0.2) is 42.5 Å². The van der Waals surface area contributed by atoms with Crippen LogP contribution in [-0.4, -0.2) is 10.1 Å². The number of fused-ring (bicyclic) bond motifs is 2. The molecule has 0 aliphatic carbocycles. The van der Waals surface area contributed by atoms with Gasteiger partial charge in [-0.15, -0.1) is 0 Å². The number of pyridine rings is 1. The Hall–Kier alpha value is -4.49. The Balaban J connectivity index is 2.21. The van der Waals surface area contributed by atoms with Gasteiger partial charge in [-0.1, -0.05) is 30.3 Å². The number of nitrogens with zero attached hydrogens (tertiary/aromatic N) is 3. The number of nitriles is 2. The van der Waals surface area contributed by atoms with E-state index in [0.29, 0.717) is 22.0 Å². The summed E-state index contributed by atoms with van der Waals surface area (Å²) in [5.41, 5.74) is 19.7. The second kappa shape index (κ2) is 6.04. The number of phenolic OH excluding ortho intramolecular Hbond substituents is 1. The zero-order chi connectivity index (χ0) is 20.0. The molecule has 28 heavy (non-hydrogen) atoms. The first-order valence-corrected chi connectivity index (χ1v) is 8.30. The van der Waals surface area contributed by atoms with Gasteiger partial charge in [0.05, 0.1) is 22.5 Å². The number of nitrogen functional groups attached to an aromatic ring is 3. The summed E-state index contributed by atoms with van der Waals surface area (Å²) in [5, 5.41) is 31.6. The highest BCUT2D eigenvalue weighted by Crippen LogP contribution is 2.43. The highest BCUT2D eigenvalue weighted by Gasteiger charge is 2.21. The molecule has 134 valence electrons. The van der Waals surface area contributed by atoms with Gasteiger partial charge in [-0.3, -0.25) is 0 Å². The second-order valence-corrected chi connectivity index (χ2v) is 6.30. The van der Waals surface area contributed by atoms with E-state index in [1.807, 2.05) is 30.3 Å². The molecule has 1 aromatic heterocycles. The van der Waals surface area contributed by atoms with Crippen LogP contribution in [0, 0.1) is 22.7 Å². The molecule has 1 heterocycles. The molecule has 4 rings (SSSR count). The number of rotatable bonds is 1. The lowest BCUT2D eigenvalue weighted by Crippen LogP contribution is -2.05. The summed E-state index contributed by atoms with van der Waals surface area (Å²) >= 11 is 0. The summed E-state index contributed by atoms with van der Waals surface area (Å²) in [6, 6.07) is 16.4. The third-order valence-corrected chi connectivity index (χ3v) is 4.78. The Morgan fingerprint density at radius 3 is 2.29 bits per heavy atom. The molecule has 0 saturated carbocycles. The summed E-state index contributed by atoms with van der Waals surface area (Å²) in [6.07, 6.45) is 0. The number of phenols is 1. The number of hydrogen-bond acceptors (Lipinski definition) is 7. The predicted molar refractivity (Wildman–Crippen MR) is 109 cm³/mol. The van der Waals surface area contributed by atoms with Crippen LogP contribution in [0.1, 0.15) is 11.1 Å². The van der Waals surface area contributed by atoms with Gasteiger partial charge in [0, 0.05) is 16.5 Å². The van der Waals surface area contributed by atoms with Crippen LogP contribution in [0.4, 0.5) is 17.2 Å². The lowest BCUT2D eigenvalue weighted by Gasteiger charge is -2.16. The number of hydrogen-bond donors (Lipinski definition) is 4. The fourth-order valence-electron chi connectivity index (χ4n) is 3.49. The van der Waals surface area contributed by atoms with E-state index in [1.165, 1.54) is 0 Å². The molecule has 0 spiro atoms.